The summed E-state index contributed by atoms with van der Waals surface area (Å²) >= 11 is 4.87. The summed E-state index contributed by atoms with van der Waals surface area (Å²) < 4.78 is 11.6. The van der Waals surface area contributed by atoms with E-state index in [0.29, 0.717) is 21.9 Å². The van der Waals surface area contributed by atoms with Crippen LogP contribution in [0.3, 0.4) is 0 Å². The lowest BCUT2D eigenvalue weighted by Gasteiger charge is -2.18. The molecule has 0 radical (unpaired) electrons. The number of hydrogen-bond donors (Lipinski definition) is 1. The number of thiazole rings is 1. The van der Waals surface area contributed by atoms with Crippen LogP contribution in [-0.2, 0) is 11.8 Å². The van der Waals surface area contributed by atoms with Gasteiger partial charge in [0.15, 0.2) is 12.3 Å². The van der Waals surface area contributed by atoms with E-state index in [9.17, 15) is 9.59 Å². The van der Waals surface area contributed by atoms with Gasteiger partial charge >= 0.3 is 0 Å². The maximum atomic E-state index is 13.6. The Morgan fingerprint density at radius 1 is 1.05 bits per heavy atom. The molecular formula is C29H23BrN6O3S. The summed E-state index contributed by atoms with van der Waals surface area (Å²) in [7, 11) is 1.84. The van der Waals surface area contributed by atoms with Crippen LogP contribution in [0, 0.1) is 6.92 Å². The lowest BCUT2D eigenvalue weighted by molar-refractivity contribution is -0.118. The number of para-hydroxylation sites is 1. The van der Waals surface area contributed by atoms with Gasteiger partial charge in [0.25, 0.3) is 11.5 Å². The number of hydrogen-bond acceptors (Lipinski definition) is 6. The smallest absolute Gasteiger partial charge is 0.297 e. The van der Waals surface area contributed by atoms with Gasteiger partial charge < -0.3 is 10.1 Å². The summed E-state index contributed by atoms with van der Waals surface area (Å²) in [6.45, 7) is 1.86. The van der Waals surface area contributed by atoms with Crippen LogP contribution in [-0.4, -0.2) is 32.8 Å². The highest BCUT2D eigenvalue weighted by atomic mass is 79.9. The third-order valence-corrected chi connectivity index (χ3v) is 7.81. The number of halogens is 1. The maximum Gasteiger partial charge on any atom is 0.297 e. The van der Waals surface area contributed by atoms with E-state index in [4.69, 9.17) is 14.8 Å². The maximum absolute atomic E-state index is 13.6. The van der Waals surface area contributed by atoms with Crippen molar-refractivity contribution in [3.8, 4) is 22.7 Å². The van der Waals surface area contributed by atoms with Gasteiger partial charge in [0, 0.05) is 22.5 Å². The quantitative estimate of drug-likeness (QED) is 0.275. The average molecular weight is 616 g/mol. The van der Waals surface area contributed by atoms with Crippen molar-refractivity contribution in [2.45, 2.75) is 6.92 Å². The second kappa shape index (κ2) is 10.6. The molecule has 3 heterocycles. The molecule has 0 saturated carbocycles. The van der Waals surface area contributed by atoms with Crippen molar-refractivity contribution in [2.75, 3.05) is 11.9 Å². The van der Waals surface area contributed by atoms with Crippen LogP contribution < -0.4 is 20.4 Å². The molecule has 0 saturated heterocycles. The Kier molecular flexibility index (Phi) is 6.82. The van der Waals surface area contributed by atoms with Crippen LogP contribution in [0.1, 0.15) is 11.3 Å². The predicted octanol–water partition coefficient (Wildman–Crippen LogP) is 5.22. The molecule has 1 amide bonds. The monoisotopic (exact) mass is 614 g/mol. The molecule has 6 rings (SSSR count). The summed E-state index contributed by atoms with van der Waals surface area (Å²) in [6.07, 6.45) is 1.74. The van der Waals surface area contributed by atoms with Crippen LogP contribution in [0.15, 0.2) is 97.5 Å². The van der Waals surface area contributed by atoms with Gasteiger partial charge in [-0.2, -0.15) is 5.10 Å². The molecule has 5 aromatic rings. The highest BCUT2D eigenvalue weighted by Gasteiger charge is 2.19. The van der Waals surface area contributed by atoms with Crippen LogP contribution in [0.2, 0.25) is 0 Å². The van der Waals surface area contributed by atoms with Gasteiger partial charge in [-0.1, -0.05) is 46.3 Å². The fourth-order valence-corrected chi connectivity index (χ4v) is 5.68. The summed E-state index contributed by atoms with van der Waals surface area (Å²) in [5, 5.41) is 9.56. The van der Waals surface area contributed by atoms with E-state index in [-0.39, 0.29) is 18.1 Å². The molecule has 40 heavy (non-hydrogen) atoms. The van der Waals surface area contributed by atoms with Crippen LogP contribution in [0.25, 0.3) is 16.9 Å². The molecule has 0 atom stereocenters. The normalized spacial score (nSPS) is 13.4. The van der Waals surface area contributed by atoms with Crippen LogP contribution >= 0.6 is 27.3 Å². The molecule has 2 aromatic heterocycles. The van der Waals surface area contributed by atoms with Crippen molar-refractivity contribution in [1.82, 2.24) is 14.0 Å². The molecule has 0 unspecified atom stereocenters. The first kappa shape index (κ1) is 25.8. The van der Waals surface area contributed by atoms with Crippen molar-refractivity contribution < 1.29 is 9.53 Å². The zero-order valence-corrected chi connectivity index (χ0v) is 23.9. The third-order valence-electron chi connectivity index (χ3n) is 6.50. The topological polar surface area (TPSA) is 94.9 Å². The molecule has 200 valence electrons. The SMILES string of the molecule is Cc1c(N=c2scc(-c3ccc4c(c3)NC(=O)CO4)n2N=Cc2cccc(Br)c2)c(=O)n(-c2ccccc2)n1C. The van der Waals surface area contributed by atoms with Gasteiger partial charge in [-0.25, -0.2) is 14.4 Å². The Labute approximate surface area is 241 Å². The first-order chi connectivity index (χ1) is 19.4. The molecular weight excluding hydrogens is 592 g/mol. The van der Waals surface area contributed by atoms with Gasteiger partial charge in [0.2, 0.25) is 4.80 Å². The van der Waals surface area contributed by atoms with Crippen molar-refractivity contribution in [1.29, 1.82) is 0 Å². The van der Waals surface area contributed by atoms with E-state index < -0.39 is 0 Å². The van der Waals surface area contributed by atoms with Gasteiger partial charge in [0.05, 0.1) is 29.0 Å². The summed E-state index contributed by atoms with van der Waals surface area (Å²) in [5.74, 6) is 0.398. The number of aromatic nitrogens is 3. The number of nitrogens with one attached hydrogen (secondary N) is 1. The molecule has 1 aliphatic heterocycles. The number of benzene rings is 3. The number of fused-ring (bicyclic) bond motifs is 1. The zero-order valence-electron chi connectivity index (χ0n) is 21.5. The molecule has 3 aromatic carbocycles. The Morgan fingerprint density at radius 2 is 1.88 bits per heavy atom. The fourth-order valence-electron chi connectivity index (χ4n) is 4.42. The van der Waals surface area contributed by atoms with E-state index in [1.807, 2.05) is 92.1 Å². The number of carbonyl (C=O) groups is 1. The predicted molar refractivity (Wildman–Crippen MR) is 160 cm³/mol. The number of rotatable bonds is 5. The Hall–Kier alpha value is -4.48. The third kappa shape index (κ3) is 4.85. The minimum absolute atomic E-state index is 0.0122. The molecule has 1 N–H and O–H groups in total. The van der Waals surface area contributed by atoms with E-state index in [1.54, 1.807) is 20.3 Å². The van der Waals surface area contributed by atoms with Crippen LogP contribution in [0.5, 0.6) is 5.75 Å². The van der Waals surface area contributed by atoms with Crippen molar-refractivity contribution in [2.24, 2.45) is 17.1 Å². The van der Waals surface area contributed by atoms with E-state index in [2.05, 4.69) is 21.2 Å². The van der Waals surface area contributed by atoms with E-state index >= 15 is 0 Å². The minimum atomic E-state index is -0.225. The number of nitrogens with zero attached hydrogens (tertiary/aromatic N) is 5. The molecule has 0 bridgehead atoms. The molecule has 11 heteroatoms. The van der Waals surface area contributed by atoms with Crippen molar-refractivity contribution in [3.63, 3.8) is 0 Å². The molecule has 1 aliphatic rings. The standard InChI is InChI=1S/C29H23BrN6O3S/c1-18-27(28(38)36(34(18)2)22-9-4-3-5-10-22)33-29-35(31-15-19-7-6-8-21(30)13-19)24(17-40-29)20-11-12-25-23(14-20)32-26(37)16-39-25/h3-15,17H,16H2,1-2H3,(H,32,37). The van der Waals surface area contributed by atoms with Crippen molar-refractivity contribution in [3.05, 3.63) is 109 Å². The fraction of sp³-hybridized carbons (Fsp3) is 0.103. The van der Waals surface area contributed by atoms with Gasteiger partial charge in [-0.15, -0.1) is 11.3 Å². The second-order valence-corrected chi connectivity index (χ2v) is 10.8. The van der Waals surface area contributed by atoms with Crippen molar-refractivity contribution >= 4 is 50.8 Å². The molecule has 0 spiro atoms. The lowest BCUT2D eigenvalue weighted by Crippen LogP contribution is -2.25. The molecule has 0 fully saturated rings. The number of ether oxygens (including phenoxy) is 1. The second-order valence-electron chi connectivity index (χ2n) is 9.08. The summed E-state index contributed by atoms with van der Waals surface area (Å²) in [4.78, 5) is 30.8. The minimum Gasteiger partial charge on any atom is -0.482 e. The average Bonchev–Trinajstić information content (AvgIpc) is 3.45. The van der Waals surface area contributed by atoms with Crippen LogP contribution in [0.4, 0.5) is 11.4 Å². The van der Waals surface area contributed by atoms with E-state index in [0.717, 1.165) is 32.7 Å². The Bertz CT molecular complexity index is 1920. The number of carbonyl (C=O) groups excluding carboxylic acids is 1. The zero-order chi connectivity index (χ0) is 27.8. The number of amides is 1. The molecule has 0 aliphatic carbocycles. The largest absolute Gasteiger partial charge is 0.482 e. The first-order valence-corrected chi connectivity index (χ1v) is 14.0. The highest BCUT2D eigenvalue weighted by molar-refractivity contribution is 9.10. The Balaban J connectivity index is 1.52. The van der Waals surface area contributed by atoms with Gasteiger partial charge in [-0.05, 0) is 55.0 Å². The van der Waals surface area contributed by atoms with Gasteiger partial charge in [0.1, 0.15) is 5.75 Å². The lowest BCUT2D eigenvalue weighted by atomic mass is 10.1. The highest BCUT2D eigenvalue weighted by Crippen LogP contribution is 2.33. The number of anilines is 1. The summed E-state index contributed by atoms with van der Waals surface area (Å²) in [6, 6.07) is 22.8. The van der Waals surface area contributed by atoms with Gasteiger partial charge in [-0.3, -0.25) is 14.3 Å². The molecule has 9 nitrogen and oxygen atoms in total. The Morgan fingerprint density at radius 3 is 2.67 bits per heavy atom. The van der Waals surface area contributed by atoms with E-state index in [1.165, 1.54) is 11.3 Å². The summed E-state index contributed by atoms with van der Waals surface area (Å²) in [5.41, 5.74) is 4.61. The first-order valence-electron chi connectivity index (χ1n) is 12.4.